The maximum atomic E-state index is 14.6. The molecule has 3 rings (SSSR count). The van der Waals surface area contributed by atoms with Crippen LogP contribution in [0.3, 0.4) is 0 Å². The number of ether oxygens (including phenoxy) is 1. The van der Waals surface area contributed by atoms with Gasteiger partial charge in [0.15, 0.2) is 0 Å². The highest BCUT2D eigenvalue weighted by Crippen LogP contribution is 2.34. The van der Waals surface area contributed by atoms with Crippen molar-refractivity contribution in [2.24, 2.45) is 7.05 Å². The van der Waals surface area contributed by atoms with Crippen molar-refractivity contribution in [2.45, 2.75) is 36.1 Å². The Morgan fingerprint density at radius 1 is 1.20 bits per heavy atom. The molecule has 2 heterocycles. The third-order valence-electron chi connectivity index (χ3n) is 4.76. The van der Waals surface area contributed by atoms with Crippen LogP contribution < -0.4 is 4.72 Å². The van der Waals surface area contributed by atoms with Gasteiger partial charge in [-0.3, -0.25) is 24.9 Å². The van der Waals surface area contributed by atoms with E-state index in [4.69, 9.17) is 4.74 Å². The monoisotopic (exact) mass is 443 g/mol. The molecule has 1 saturated heterocycles. The molecule has 14 heteroatoms. The molecule has 1 aliphatic rings. The zero-order valence-electron chi connectivity index (χ0n) is 15.7. The summed E-state index contributed by atoms with van der Waals surface area (Å²) >= 11 is 0. The molecule has 1 unspecified atom stereocenters. The van der Waals surface area contributed by atoms with Crippen LogP contribution in [-0.2, 0) is 21.8 Å². The standard InChI is InChI=1S/C16H18FN5O7S/c1-20-16(14(8-18-20)22(25)26)15-7-6-13(12(17)9-29-15)19-30(27,28)11-4-2-10(3-5-11)21(23)24/h2-5,8,12-13,15,19H,6-7,9H2,1H3/t12-,13-,15?/m1/s1. The second-order valence-corrected chi connectivity index (χ2v) is 8.40. The Balaban J connectivity index is 1.76. The van der Waals surface area contributed by atoms with E-state index in [-0.39, 0.29) is 34.8 Å². The summed E-state index contributed by atoms with van der Waals surface area (Å²) in [6.45, 7) is -0.472. The van der Waals surface area contributed by atoms with Crippen molar-refractivity contribution in [1.82, 2.24) is 14.5 Å². The summed E-state index contributed by atoms with van der Waals surface area (Å²) in [5.41, 5.74) is -0.366. The number of aryl methyl sites for hydroxylation is 1. The number of alkyl halides is 1. The zero-order valence-corrected chi connectivity index (χ0v) is 16.5. The summed E-state index contributed by atoms with van der Waals surface area (Å²) < 4.78 is 48.7. The number of nitrogens with one attached hydrogen (secondary N) is 1. The fourth-order valence-corrected chi connectivity index (χ4v) is 4.53. The Hall–Kier alpha value is -2.97. The van der Waals surface area contributed by atoms with Crippen molar-refractivity contribution in [1.29, 1.82) is 0 Å². The lowest BCUT2D eigenvalue weighted by molar-refractivity contribution is -0.386. The Bertz CT molecular complexity index is 1060. The second kappa shape index (κ2) is 8.41. The van der Waals surface area contributed by atoms with Gasteiger partial charge in [0.1, 0.15) is 24.2 Å². The van der Waals surface area contributed by atoms with Crippen LogP contribution in [0.25, 0.3) is 0 Å². The number of nitrogens with zero attached hydrogens (tertiary/aromatic N) is 4. The van der Waals surface area contributed by atoms with Gasteiger partial charge >= 0.3 is 5.69 Å². The van der Waals surface area contributed by atoms with Crippen molar-refractivity contribution in [2.75, 3.05) is 6.61 Å². The largest absolute Gasteiger partial charge is 0.369 e. The van der Waals surface area contributed by atoms with Crippen LogP contribution in [0, 0.1) is 20.2 Å². The lowest BCUT2D eigenvalue weighted by Crippen LogP contribution is -2.42. The van der Waals surface area contributed by atoms with E-state index in [0.717, 1.165) is 30.5 Å². The van der Waals surface area contributed by atoms with Gasteiger partial charge in [-0.15, -0.1) is 0 Å². The number of benzene rings is 1. The van der Waals surface area contributed by atoms with Gasteiger partial charge in [0.05, 0.1) is 27.4 Å². The van der Waals surface area contributed by atoms with Gasteiger partial charge in [0, 0.05) is 19.2 Å². The summed E-state index contributed by atoms with van der Waals surface area (Å²) in [6, 6.07) is 3.05. The number of aromatic nitrogens is 2. The molecule has 0 bridgehead atoms. The zero-order chi connectivity index (χ0) is 22.1. The van der Waals surface area contributed by atoms with Gasteiger partial charge in [-0.1, -0.05) is 0 Å². The highest BCUT2D eigenvalue weighted by atomic mass is 32.2. The molecule has 2 aromatic rings. The van der Waals surface area contributed by atoms with E-state index >= 15 is 0 Å². The van der Waals surface area contributed by atoms with E-state index in [1.165, 1.54) is 11.7 Å². The molecule has 0 saturated carbocycles. The van der Waals surface area contributed by atoms with Crippen molar-refractivity contribution >= 4 is 21.4 Å². The van der Waals surface area contributed by atoms with Gasteiger partial charge in [0.2, 0.25) is 10.0 Å². The summed E-state index contributed by atoms with van der Waals surface area (Å²) in [5.74, 6) is 0. The fraction of sp³-hybridized carbons (Fsp3) is 0.438. The number of sulfonamides is 1. The second-order valence-electron chi connectivity index (χ2n) is 6.69. The molecule has 1 aromatic heterocycles. The lowest BCUT2D eigenvalue weighted by Gasteiger charge is -2.19. The minimum atomic E-state index is -4.15. The molecule has 0 aliphatic carbocycles. The van der Waals surface area contributed by atoms with Gasteiger partial charge < -0.3 is 4.74 Å². The van der Waals surface area contributed by atoms with Crippen molar-refractivity contribution in [3.63, 3.8) is 0 Å². The first-order valence-corrected chi connectivity index (χ1v) is 10.3. The molecular formula is C16H18FN5O7S. The molecule has 1 aromatic carbocycles. The van der Waals surface area contributed by atoms with Crippen molar-refractivity contribution in [3.8, 4) is 0 Å². The van der Waals surface area contributed by atoms with E-state index in [1.54, 1.807) is 0 Å². The molecule has 12 nitrogen and oxygen atoms in total. The predicted octanol–water partition coefficient (Wildman–Crippen LogP) is 1.77. The third-order valence-corrected chi connectivity index (χ3v) is 6.27. The third kappa shape index (κ3) is 4.44. The minimum absolute atomic E-state index is 0.0143. The summed E-state index contributed by atoms with van der Waals surface area (Å²) in [7, 11) is -2.65. The van der Waals surface area contributed by atoms with Crippen LogP contribution in [-0.4, -0.2) is 46.9 Å². The molecule has 162 valence electrons. The van der Waals surface area contributed by atoms with E-state index in [9.17, 15) is 33.0 Å². The lowest BCUT2D eigenvalue weighted by atomic mass is 10.0. The Labute approximate surface area is 170 Å². The number of hydrogen-bond acceptors (Lipinski definition) is 8. The predicted molar refractivity (Wildman–Crippen MR) is 99.9 cm³/mol. The van der Waals surface area contributed by atoms with Gasteiger partial charge in [0.25, 0.3) is 5.69 Å². The molecule has 30 heavy (non-hydrogen) atoms. The number of rotatable bonds is 6. The molecular weight excluding hydrogens is 425 g/mol. The maximum Gasteiger partial charge on any atom is 0.312 e. The van der Waals surface area contributed by atoms with Crippen LogP contribution in [0.2, 0.25) is 0 Å². The fourth-order valence-electron chi connectivity index (χ4n) is 3.23. The Kier molecular flexibility index (Phi) is 6.09. The first-order chi connectivity index (χ1) is 14.1. The van der Waals surface area contributed by atoms with Crippen LogP contribution in [0.5, 0.6) is 0 Å². The normalized spacial score (nSPS) is 22.4. The summed E-state index contributed by atoms with van der Waals surface area (Å²) in [5, 5.41) is 25.7. The van der Waals surface area contributed by atoms with E-state index in [0.29, 0.717) is 0 Å². The first kappa shape index (κ1) is 21.7. The number of nitro benzene ring substituents is 1. The molecule has 0 radical (unpaired) electrons. The first-order valence-electron chi connectivity index (χ1n) is 8.79. The highest BCUT2D eigenvalue weighted by molar-refractivity contribution is 7.89. The Morgan fingerprint density at radius 2 is 1.87 bits per heavy atom. The number of hydrogen-bond donors (Lipinski definition) is 1. The van der Waals surface area contributed by atoms with Crippen molar-refractivity contribution in [3.05, 3.63) is 56.4 Å². The van der Waals surface area contributed by atoms with Crippen LogP contribution >= 0.6 is 0 Å². The number of halogens is 1. The molecule has 3 atom stereocenters. The Morgan fingerprint density at radius 3 is 2.47 bits per heavy atom. The summed E-state index contributed by atoms with van der Waals surface area (Å²) in [6.07, 6.45) is -1.32. The molecule has 1 aliphatic heterocycles. The molecule has 1 N–H and O–H groups in total. The van der Waals surface area contributed by atoms with Crippen LogP contribution in [0.1, 0.15) is 24.6 Å². The summed E-state index contributed by atoms with van der Waals surface area (Å²) in [4.78, 5) is 20.4. The van der Waals surface area contributed by atoms with Gasteiger partial charge in [-0.05, 0) is 25.0 Å². The SMILES string of the molecule is Cn1ncc([N+](=O)[O-])c1C1CC[C@@H](NS(=O)(=O)c2ccc([N+](=O)[O-])cc2)[C@H](F)CO1. The number of nitro groups is 2. The highest BCUT2D eigenvalue weighted by Gasteiger charge is 2.35. The topological polar surface area (TPSA) is 160 Å². The van der Waals surface area contributed by atoms with Crippen molar-refractivity contribution < 1.29 is 27.4 Å². The smallest absolute Gasteiger partial charge is 0.312 e. The van der Waals surface area contributed by atoms with Gasteiger partial charge in [-0.25, -0.2) is 17.5 Å². The van der Waals surface area contributed by atoms with Crippen LogP contribution in [0.4, 0.5) is 15.8 Å². The van der Waals surface area contributed by atoms with E-state index < -0.39 is 44.8 Å². The quantitative estimate of drug-likeness (QED) is 0.522. The molecule has 0 spiro atoms. The van der Waals surface area contributed by atoms with E-state index in [1.807, 2.05) is 0 Å². The van der Waals surface area contributed by atoms with Crippen LogP contribution in [0.15, 0.2) is 35.4 Å². The average molecular weight is 443 g/mol. The van der Waals surface area contributed by atoms with E-state index in [2.05, 4.69) is 9.82 Å². The molecule has 1 fully saturated rings. The maximum absolute atomic E-state index is 14.6. The van der Waals surface area contributed by atoms with Gasteiger partial charge in [-0.2, -0.15) is 5.10 Å². The minimum Gasteiger partial charge on any atom is -0.369 e. The molecule has 0 amide bonds. The number of non-ortho nitro benzene ring substituents is 1. The average Bonchev–Trinajstić information content (AvgIpc) is 2.99.